The van der Waals surface area contributed by atoms with Crippen molar-refractivity contribution in [2.24, 2.45) is 13.0 Å². The lowest BCUT2D eigenvalue weighted by atomic mass is 10.1. The van der Waals surface area contributed by atoms with Crippen LogP contribution in [0.15, 0.2) is 23.2 Å². The first-order valence-electron chi connectivity index (χ1n) is 9.07. The van der Waals surface area contributed by atoms with Gasteiger partial charge in [-0.1, -0.05) is 0 Å². The number of anilines is 1. The number of ether oxygens (including phenoxy) is 1. The third-order valence-electron chi connectivity index (χ3n) is 5.08. The van der Waals surface area contributed by atoms with Gasteiger partial charge in [-0.3, -0.25) is 4.79 Å². The Morgan fingerprint density at radius 1 is 1.30 bits per heavy atom. The maximum atomic E-state index is 13.4. The number of aliphatic hydroxyl groups excluding tert-OH is 1. The van der Waals surface area contributed by atoms with Crippen molar-refractivity contribution in [3.63, 3.8) is 0 Å². The minimum Gasteiger partial charge on any atom is -0.488 e. The van der Waals surface area contributed by atoms with Gasteiger partial charge in [-0.15, -0.1) is 0 Å². The van der Waals surface area contributed by atoms with E-state index in [0.29, 0.717) is 12.1 Å². The molecule has 1 saturated carbocycles. The first kappa shape index (κ1) is 20.7. The number of carbonyl (C=O) groups is 1. The Hall–Kier alpha value is -2.57. The monoisotopic (exact) mass is 445 g/mol. The predicted octanol–water partition coefficient (Wildman–Crippen LogP) is 1.50. The van der Waals surface area contributed by atoms with Gasteiger partial charge in [-0.25, -0.2) is 26.3 Å². The Balaban J connectivity index is 1.65. The van der Waals surface area contributed by atoms with E-state index in [1.54, 1.807) is 0 Å². The van der Waals surface area contributed by atoms with E-state index in [-0.39, 0.29) is 34.6 Å². The van der Waals surface area contributed by atoms with Gasteiger partial charge in [0.2, 0.25) is 10.0 Å². The SMILES string of the molecule is Cn1cc2c(c1C(=O)Nc1cc(F)c(F)c(F)c1)OC[C@H](C(O)C1CC1)NS2(=O)=O. The Morgan fingerprint density at radius 2 is 1.93 bits per heavy atom. The Bertz CT molecular complexity index is 1110. The van der Waals surface area contributed by atoms with Crippen molar-refractivity contribution < 1.29 is 36.2 Å². The molecule has 0 bridgehead atoms. The molecule has 2 aromatic rings. The number of aryl methyl sites for hydroxylation is 1. The highest BCUT2D eigenvalue weighted by Crippen LogP contribution is 2.37. The molecule has 2 atom stereocenters. The number of nitrogens with zero attached hydrogens (tertiary/aromatic N) is 1. The van der Waals surface area contributed by atoms with Gasteiger partial charge >= 0.3 is 0 Å². The topological polar surface area (TPSA) is 110 Å². The van der Waals surface area contributed by atoms with Gasteiger partial charge in [-0.2, -0.15) is 0 Å². The summed E-state index contributed by atoms with van der Waals surface area (Å²) >= 11 is 0. The number of halogens is 3. The molecule has 3 N–H and O–H groups in total. The van der Waals surface area contributed by atoms with Gasteiger partial charge in [-0.05, 0) is 18.8 Å². The van der Waals surface area contributed by atoms with Crippen molar-refractivity contribution in [1.82, 2.24) is 9.29 Å². The second-order valence-electron chi connectivity index (χ2n) is 7.36. The van der Waals surface area contributed by atoms with Gasteiger partial charge in [0.05, 0.1) is 12.1 Å². The number of amides is 1. The molecular weight excluding hydrogens is 427 g/mol. The fourth-order valence-electron chi connectivity index (χ4n) is 3.39. The van der Waals surface area contributed by atoms with Crippen LogP contribution in [0.3, 0.4) is 0 Å². The smallest absolute Gasteiger partial charge is 0.276 e. The van der Waals surface area contributed by atoms with E-state index in [1.165, 1.54) is 11.6 Å². The van der Waals surface area contributed by atoms with Gasteiger partial charge < -0.3 is 19.7 Å². The number of fused-ring (bicyclic) bond motifs is 1. The molecule has 0 saturated heterocycles. The molecule has 1 fully saturated rings. The van der Waals surface area contributed by atoms with E-state index >= 15 is 0 Å². The van der Waals surface area contributed by atoms with Crippen molar-refractivity contribution in [3.8, 4) is 5.75 Å². The third-order valence-corrected chi connectivity index (χ3v) is 6.56. The van der Waals surface area contributed by atoms with Crippen molar-refractivity contribution >= 4 is 21.6 Å². The zero-order valence-electron chi connectivity index (χ0n) is 15.7. The van der Waals surface area contributed by atoms with Crippen molar-refractivity contribution in [3.05, 3.63) is 41.5 Å². The number of aromatic nitrogens is 1. The van der Waals surface area contributed by atoms with Crippen LogP contribution < -0.4 is 14.8 Å². The molecule has 1 aliphatic carbocycles. The number of nitrogens with one attached hydrogen (secondary N) is 2. The van der Waals surface area contributed by atoms with Gasteiger partial charge in [0.1, 0.15) is 11.5 Å². The zero-order chi connectivity index (χ0) is 21.8. The lowest BCUT2D eigenvalue weighted by Crippen LogP contribution is -2.46. The summed E-state index contributed by atoms with van der Waals surface area (Å²) in [5, 5.41) is 12.5. The second-order valence-corrected chi connectivity index (χ2v) is 9.04. The number of benzene rings is 1. The van der Waals surface area contributed by atoms with Crippen LogP contribution in [0, 0.1) is 23.4 Å². The third kappa shape index (κ3) is 3.66. The van der Waals surface area contributed by atoms with Crippen LogP contribution >= 0.6 is 0 Å². The fourth-order valence-corrected chi connectivity index (χ4v) is 4.82. The summed E-state index contributed by atoms with van der Waals surface area (Å²) in [6.07, 6.45) is 1.79. The summed E-state index contributed by atoms with van der Waals surface area (Å²) in [7, 11) is -2.72. The van der Waals surface area contributed by atoms with Crippen LogP contribution in [0.5, 0.6) is 5.75 Å². The summed E-state index contributed by atoms with van der Waals surface area (Å²) in [5.41, 5.74) is -0.579. The quantitative estimate of drug-likeness (QED) is 0.618. The number of carbonyl (C=O) groups excluding carboxylic acids is 1. The molecular formula is C18H18F3N3O5S. The lowest BCUT2D eigenvalue weighted by Gasteiger charge is -2.21. The molecule has 4 rings (SSSR count). The molecule has 1 aliphatic heterocycles. The van der Waals surface area contributed by atoms with Crippen LogP contribution in [0.25, 0.3) is 0 Å². The van der Waals surface area contributed by atoms with Gasteiger partial charge in [0, 0.05) is 31.1 Å². The molecule has 1 aromatic carbocycles. The fraction of sp³-hybridized carbons (Fsp3) is 0.389. The molecule has 0 radical (unpaired) electrons. The van der Waals surface area contributed by atoms with E-state index < -0.39 is 45.5 Å². The highest BCUT2D eigenvalue weighted by atomic mass is 32.2. The molecule has 1 amide bonds. The Morgan fingerprint density at radius 3 is 2.53 bits per heavy atom. The molecule has 162 valence electrons. The Labute approximate surface area is 169 Å². The first-order valence-corrected chi connectivity index (χ1v) is 10.5. The van der Waals surface area contributed by atoms with Crippen LogP contribution in [0.2, 0.25) is 0 Å². The van der Waals surface area contributed by atoms with Crippen LogP contribution in [-0.4, -0.2) is 42.8 Å². The molecule has 0 spiro atoms. The highest BCUT2D eigenvalue weighted by molar-refractivity contribution is 7.89. The van der Waals surface area contributed by atoms with E-state index in [0.717, 1.165) is 19.0 Å². The molecule has 2 heterocycles. The lowest BCUT2D eigenvalue weighted by molar-refractivity contribution is 0.0898. The molecule has 1 unspecified atom stereocenters. The van der Waals surface area contributed by atoms with Crippen LogP contribution in [0.4, 0.5) is 18.9 Å². The van der Waals surface area contributed by atoms with E-state index in [2.05, 4.69) is 10.0 Å². The van der Waals surface area contributed by atoms with Crippen LogP contribution in [-0.2, 0) is 17.1 Å². The Kier molecular flexibility index (Phi) is 5.03. The summed E-state index contributed by atoms with van der Waals surface area (Å²) < 4.78 is 74.6. The molecule has 12 heteroatoms. The number of rotatable bonds is 4. The minimum absolute atomic E-state index is 0.0177. The van der Waals surface area contributed by atoms with Crippen LogP contribution in [0.1, 0.15) is 23.3 Å². The predicted molar refractivity (Wildman–Crippen MR) is 98.0 cm³/mol. The molecule has 30 heavy (non-hydrogen) atoms. The largest absolute Gasteiger partial charge is 0.488 e. The first-order chi connectivity index (χ1) is 14.1. The number of aliphatic hydroxyl groups is 1. The summed E-state index contributed by atoms with van der Waals surface area (Å²) in [6, 6.07) is 0.300. The van der Waals surface area contributed by atoms with Crippen molar-refractivity contribution in [2.45, 2.75) is 29.9 Å². The molecule has 8 nitrogen and oxygen atoms in total. The van der Waals surface area contributed by atoms with Crippen molar-refractivity contribution in [2.75, 3.05) is 11.9 Å². The molecule has 2 aliphatic rings. The minimum atomic E-state index is -4.11. The van der Waals surface area contributed by atoms with Gasteiger partial charge in [0.15, 0.2) is 28.9 Å². The van der Waals surface area contributed by atoms with E-state index in [4.69, 9.17) is 4.74 Å². The van der Waals surface area contributed by atoms with Gasteiger partial charge in [0.25, 0.3) is 5.91 Å². The summed E-state index contributed by atoms with van der Waals surface area (Å²) in [5.74, 6) is -5.85. The standard InChI is InChI=1S/C18H18F3N3O5S/c1-24-6-13-17(29-7-12(23-30(13,27)28)16(25)8-2-3-8)15(24)18(26)22-9-4-10(19)14(21)11(20)5-9/h4-6,8,12,16,23,25H,2-3,7H2,1H3,(H,22,26)/t12-,16?/m1/s1. The maximum absolute atomic E-state index is 13.4. The highest BCUT2D eigenvalue weighted by Gasteiger charge is 2.41. The van der Waals surface area contributed by atoms with E-state index in [1.807, 2.05) is 0 Å². The summed E-state index contributed by atoms with van der Waals surface area (Å²) in [6.45, 7) is -0.214. The second kappa shape index (κ2) is 7.29. The normalized spacial score (nSPS) is 21.3. The van der Waals surface area contributed by atoms with E-state index in [9.17, 15) is 31.5 Å². The number of sulfonamides is 1. The molecule has 1 aromatic heterocycles. The average molecular weight is 445 g/mol. The number of hydrogen-bond acceptors (Lipinski definition) is 5. The average Bonchev–Trinajstić information content (AvgIpc) is 3.46. The number of hydrogen-bond donors (Lipinski definition) is 3. The van der Waals surface area contributed by atoms with Crippen molar-refractivity contribution in [1.29, 1.82) is 0 Å². The zero-order valence-corrected chi connectivity index (χ0v) is 16.5. The summed E-state index contributed by atoms with van der Waals surface area (Å²) in [4.78, 5) is 12.4. The maximum Gasteiger partial charge on any atom is 0.276 e.